The molecule has 0 atom stereocenters. The molecule has 1 aromatic heterocycles. The largest absolute Gasteiger partial charge is 0.233 e. The molecule has 2 nitrogen and oxygen atoms in total. The normalized spacial score (nSPS) is 10.6. The van der Waals surface area contributed by atoms with Crippen LogP contribution in [-0.4, -0.2) is 9.97 Å². The Kier molecular flexibility index (Phi) is 4.11. The summed E-state index contributed by atoms with van der Waals surface area (Å²) in [6.07, 6.45) is 4.33. The first kappa shape index (κ1) is 14.3. The summed E-state index contributed by atoms with van der Waals surface area (Å²) in [6, 6.07) is 12.9. The predicted octanol–water partition coefficient (Wildman–Crippen LogP) is 5.57. The van der Waals surface area contributed by atoms with E-state index in [9.17, 15) is 0 Å². The van der Waals surface area contributed by atoms with Crippen molar-refractivity contribution >= 4 is 34.8 Å². The van der Waals surface area contributed by atoms with Crippen molar-refractivity contribution in [1.29, 1.82) is 0 Å². The number of nitrogens with zero attached hydrogens (tertiary/aromatic N) is 2. The summed E-state index contributed by atoms with van der Waals surface area (Å²) >= 11 is 18.0. The van der Waals surface area contributed by atoms with Gasteiger partial charge >= 0.3 is 0 Å². The van der Waals surface area contributed by atoms with Gasteiger partial charge in [-0.2, -0.15) is 0 Å². The fraction of sp³-hybridized carbons (Fsp3) is 0. The monoisotopic (exact) mass is 333 g/mol. The van der Waals surface area contributed by atoms with Crippen molar-refractivity contribution in [1.82, 2.24) is 9.97 Å². The summed E-state index contributed by atoms with van der Waals surface area (Å²) in [5.41, 5.74) is 3.44. The Balaban J connectivity index is 2.15. The molecule has 0 unspecified atom stereocenters. The van der Waals surface area contributed by atoms with Gasteiger partial charge in [0.15, 0.2) is 6.33 Å². The van der Waals surface area contributed by atoms with Crippen LogP contribution in [0.4, 0.5) is 0 Å². The molecule has 0 aliphatic heterocycles. The highest BCUT2D eigenvalue weighted by atomic mass is 35.5. The van der Waals surface area contributed by atoms with E-state index in [4.69, 9.17) is 34.8 Å². The topological polar surface area (TPSA) is 25.8 Å². The Morgan fingerprint density at radius 2 is 1.52 bits per heavy atom. The zero-order valence-electron chi connectivity index (χ0n) is 10.6. The second kappa shape index (κ2) is 6.02. The van der Waals surface area contributed by atoms with Crippen LogP contribution in [-0.2, 0) is 0 Å². The van der Waals surface area contributed by atoms with Crippen LogP contribution in [0.2, 0.25) is 15.1 Å². The van der Waals surface area contributed by atoms with Gasteiger partial charge in [0.2, 0.25) is 0 Å². The predicted molar refractivity (Wildman–Crippen MR) is 86.8 cm³/mol. The molecule has 5 heteroatoms. The number of aromatic nitrogens is 2. The van der Waals surface area contributed by atoms with Gasteiger partial charge in [-0.25, -0.2) is 9.97 Å². The minimum Gasteiger partial charge on any atom is -0.233 e. The zero-order valence-corrected chi connectivity index (χ0v) is 12.9. The summed E-state index contributed by atoms with van der Waals surface area (Å²) in [4.78, 5) is 8.23. The van der Waals surface area contributed by atoms with Crippen molar-refractivity contribution in [2.24, 2.45) is 0 Å². The van der Waals surface area contributed by atoms with E-state index in [-0.39, 0.29) is 0 Å². The molecule has 3 aromatic rings. The van der Waals surface area contributed by atoms with E-state index in [2.05, 4.69) is 16.3 Å². The van der Waals surface area contributed by atoms with E-state index < -0.39 is 0 Å². The molecular formula is C16H8Cl3N2. The van der Waals surface area contributed by atoms with Crippen LogP contribution >= 0.6 is 34.8 Å². The van der Waals surface area contributed by atoms with Gasteiger partial charge in [-0.05, 0) is 29.8 Å². The molecule has 103 valence electrons. The zero-order chi connectivity index (χ0) is 14.8. The number of hydrogen-bond donors (Lipinski definition) is 0. The van der Waals surface area contributed by atoms with Crippen molar-refractivity contribution in [3.63, 3.8) is 0 Å². The molecular weight excluding hydrogens is 327 g/mol. The molecule has 0 amide bonds. The van der Waals surface area contributed by atoms with Gasteiger partial charge in [0.1, 0.15) is 0 Å². The lowest BCUT2D eigenvalue weighted by Crippen LogP contribution is -1.91. The summed E-state index contributed by atoms with van der Waals surface area (Å²) in [5.74, 6) is 0. The molecule has 1 radical (unpaired) electrons. The van der Waals surface area contributed by atoms with Crippen molar-refractivity contribution in [2.75, 3.05) is 0 Å². The second-order valence-electron chi connectivity index (χ2n) is 4.37. The number of benzene rings is 2. The average Bonchev–Trinajstić information content (AvgIpc) is 2.51. The van der Waals surface area contributed by atoms with E-state index >= 15 is 0 Å². The van der Waals surface area contributed by atoms with E-state index in [0.717, 1.165) is 22.4 Å². The molecule has 0 spiro atoms. The highest BCUT2D eigenvalue weighted by molar-refractivity contribution is 6.42. The van der Waals surface area contributed by atoms with Crippen LogP contribution < -0.4 is 0 Å². The highest BCUT2D eigenvalue weighted by Gasteiger charge is 2.11. The number of halogens is 3. The van der Waals surface area contributed by atoms with Crippen molar-refractivity contribution < 1.29 is 0 Å². The summed E-state index contributed by atoms with van der Waals surface area (Å²) in [5, 5.41) is 1.67. The lowest BCUT2D eigenvalue weighted by Gasteiger charge is -2.09. The molecule has 0 bridgehead atoms. The molecule has 0 saturated heterocycles. The average molecular weight is 335 g/mol. The lowest BCUT2D eigenvalue weighted by molar-refractivity contribution is 1.16. The first-order chi connectivity index (χ1) is 10.1. The SMILES string of the molecule is Clc1ccc(-c2cn[c]nc2-c2ccc(Cl)c(Cl)c2)cc1. The number of rotatable bonds is 2. The molecule has 0 saturated carbocycles. The molecule has 0 N–H and O–H groups in total. The lowest BCUT2D eigenvalue weighted by atomic mass is 10.0. The maximum atomic E-state index is 6.08. The third kappa shape index (κ3) is 3.03. The van der Waals surface area contributed by atoms with Crippen LogP contribution in [0.3, 0.4) is 0 Å². The fourth-order valence-corrected chi connectivity index (χ4v) is 2.42. The first-order valence-corrected chi connectivity index (χ1v) is 7.23. The quantitative estimate of drug-likeness (QED) is 0.612. The molecule has 2 aromatic carbocycles. The van der Waals surface area contributed by atoms with Gasteiger partial charge < -0.3 is 0 Å². The minimum atomic E-state index is 0.481. The Bertz CT molecular complexity index is 786. The van der Waals surface area contributed by atoms with Crippen LogP contribution in [0.5, 0.6) is 0 Å². The Labute approximate surface area is 137 Å². The molecule has 0 aliphatic rings. The second-order valence-corrected chi connectivity index (χ2v) is 5.62. The first-order valence-electron chi connectivity index (χ1n) is 6.09. The van der Waals surface area contributed by atoms with Crippen molar-refractivity contribution in [2.45, 2.75) is 0 Å². The third-order valence-electron chi connectivity index (χ3n) is 3.02. The van der Waals surface area contributed by atoms with E-state index in [0.29, 0.717) is 15.1 Å². The Hall–Kier alpha value is -1.61. The smallest absolute Gasteiger partial charge is 0.198 e. The molecule has 1 heterocycles. The van der Waals surface area contributed by atoms with E-state index in [1.54, 1.807) is 18.3 Å². The highest BCUT2D eigenvalue weighted by Crippen LogP contribution is 2.33. The maximum Gasteiger partial charge on any atom is 0.198 e. The van der Waals surface area contributed by atoms with Crippen LogP contribution in [0, 0.1) is 6.33 Å². The minimum absolute atomic E-state index is 0.481. The van der Waals surface area contributed by atoms with E-state index in [1.165, 1.54) is 0 Å². The molecule has 3 rings (SSSR count). The molecule has 21 heavy (non-hydrogen) atoms. The summed E-state index contributed by atoms with van der Waals surface area (Å²) in [7, 11) is 0. The summed E-state index contributed by atoms with van der Waals surface area (Å²) < 4.78 is 0. The van der Waals surface area contributed by atoms with Gasteiger partial charge in [-0.15, -0.1) is 0 Å². The molecule has 0 fully saturated rings. The van der Waals surface area contributed by atoms with Gasteiger partial charge in [0, 0.05) is 22.3 Å². The van der Waals surface area contributed by atoms with Crippen LogP contribution in [0.1, 0.15) is 0 Å². The van der Waals surface area contributed by atoms with Crippen LogP contribution in [0.15, 0.2) is 48.7 Å². The van der Waals surface area contributed by atoms with Gasteiger partial charge in [-0.3, -0.25) is 0 Å². The molecule has 0 aliphatic carbocycles. The third-order valence-corrected chi connectivity index (χ3v) is 4.01. The van der Waals surface area contributed by atoms with E-state index in [1.807, 2.05) is 30.3 Å². The number of hydrogen-bond acceptors (Lipinski definition) is 2. The summed E-state index contributed by atoms with van der Waals surface area (Å²) in [6.45, 7) is 0. The van der Waals surface area contributed by atoms with Gasteiger partial charge in [0.05, 0.1) is 15.7 Å². The Morgan fingerprint density at radius 3 is 2.24 bits per heavy atom. The Morgan fingerprint density at radius 1 is 0.810 bits per heavy atom. The van der Waals surface area contributed by atoms with Crippen molar-refractivity contribution in [3.05, 3.63) is 70.1 Å². The van der Waals surface area contributed by atoms with Gasteiger partial charge in [0.25, 0.3) is 0 Å². The van der Waals surface area contributed by atoms with Crippen molar-refractivity contribution in [3.8, 4) is 22.4 Å². The van der Waals surface area contributed by atoms with Crippen LogP contribution in [0.25, 0.3) is 22.4 Å². The standard InChI is InChI=1S/C16H8Cl3N2/c17-12-4-1-10(2-5-12)13-8-20-9-21-16(13)11-3-6-14(18)15(19)7-11/h1-8H. The van der Waals surface area contributed by atoms with Gasteiger partial charge in [-0.1, -0.05) is 53.0 Å². The maximum absolute atomic E-state index is 6.08. The fourth-order valence-electron chi connectivity index (χ4n) is 2.00.